The average molecular weight is 700 g/mol. The molecule has 3 fully saturated rings. The summed E-state index contributed by atoms with van der Waals surface area (Å²) >= 11 is 0. The lowest BCUT2D eigenvalue weighted by molar-refractivity contribution is -0.297. The second-order valence-corrected chi connectivity index (χ2v) is 15.9. The number of hydrogen-bond acceptors (Lipinski definition) is 11. The molecule has 14 atom stereocenters. The molecule has 2 N–H and O–H groups in total. The molecule has 0 saturated carbocycles. The van der Waals surface area contributed by atoms with Gasteiger partial charge in [0, 0.05) is 18.0 Å². The van der Waals surface area contributed by atoms with Gasteiger partial charge in [0.15, 0.2) is 12.1 Å². The van der Waals surface area contributed by atoms with Gasteiger partial charge in [-0.05, 0) is 85.0 Å². The van der Waals surface area contributed by atoms with E-state index in [-0.39, 0.29) is 48.5 Å². The number of fused-ring (bicyclic) bond motifs is 3. The maximum absolute atomic E-state index is 14.4. The zero-order chi connectivity index (χ0) is 36.7. The Morgan fingerprint density at radius 3 is 2.50 bits per heavy atom. The minimum Gasteiger partial charge on any atom is -0.459 e. The third kappa shape index (κ3) is 7.11. The van der Waals surface area contributed by atoms with E-state index in [0.29, 0.717) is 26.0 Å². The fourth-order valence-corrected chi connectivity index (χ4v) is 9.38. The number of aliphatic hydroxyl groups excluding tert-OH is 1. The second-order valence-electron chi connectivity index (χ2n) is 15.9. The molecule has 1 aromatic carbocycles. The Balaban J connectivity index is 1.64. The van der Waals surface area contributed by atoms with Crippen LogP contribution in [0.25, 0.3) is 0 Å². The van der Waals surface area contributed by atoms with Gasteiger partial charge in [0.25, 0.3) is 0 Å². The zero-order valence-corrected chi connectivity index (χ0v) is 31.8. The first-order valence-electron chi connectivity index (χ1n) is 18.5. The van der Waals surface area contributed by atoms with E-state index < -0.39 is 53.6 Å². The number of carbonyl (C=O) groups excluding carboxylic acids is 2. The van der Waals surface area contributed by atoms with Gasteiger partial charge in [-0.2, -0.15) is 0 Å². The van der Waals surface area contributed by atoms with Crippen molar-refractivity contribution in [3.8, 4) is 0 Å². The third-order valence-electron chi connectivity index (χ3n) is 12.0. The van der Waals surface area contributed by atoms with E-state index in [9.17, 15) is 14.7 Å². The zero-order valence-electron chi connectivity index (χ0n) is 31.8. The number of ketones is 1. The minimum atomic E-state index is -1.08. The van der Waals surface area contributed by atoms with Crippen molar-refractivity contribution in [1.29, 1.82) is 0 Å². The first-order valence-corrected chi connectivity index (χ1v) is 18.5. The number of hydrogen-bond donors (Lipinski definition) is 2. The highest BCUT2D eigenvalue weighted by Gasteiger charge is 2.58. The smallest absolute Gasteiger partial charge is 0.316 e. The van der Waals surface area contributed by atoms with E-state index in [0.717, 1.165) is 11.4 Å². The van der Waals surface area contributed by atoms with Gasteiger partial charge < -0.3 is 43.9 Å². The Morgan fingerprint density at radius 2 is 1.84 bits per heavy atom. The van der Waals surface area contributed by atoms with Crippen molar-refractivity contribution in [2.75, 3.05) is 37.6 Å². The number of esters is 1. The molecule has 4 aliphatic rings. The van der Waals surface area contributed by atoms with Gasteiger partial charge in [-0.25, -0.2) is 0 Å². The molecule has 1 unspecified atom stereocenters. The summed E-state index contributed by atoms with van der Waals surface area (Å²) in [5, 5.41) is 15.5. The molecule has 4 heterocycles. The van der Waals surface area contributed by atoms with Gasteiger partial charge in [-0.15, -0.1) is 6.58 Å². The fourth-order valence-electron chi connectivity index (χ4n) is 9.38. The number of cyclic esters (lactones) is 1. The van der Waals surface area contributed by atoms with Crippen molar-refractivity contribution >= 4 is 23.1 Å². The van der Waals surface area contributed by atoms with Crippen molar-refractivity contribution in [3.63, 3.8) is 0 Å². The fraction of sp³-hybridized carbons (Fsp3) is 0.744. The summed E-state index contributed by atoms with van der Waals surface area (Å²) in [4.78, 5) is 32.6. The molecule has 0 amide bonds. The van der Waals surface area contributed by atoms with Gasteiger partial charge in [0.05, 0.1) is 41.8 Å². The van der Waals surface area contributed by atoms with Crippen molar-refractivity contribution in [2.24, 2.45) is 23.7 Å². The number of benzene rings is 1. The molecule has 5 rings (SSSR count). The number of carbonyl (C=O) groups is 2. The highest BCUT2D eigenvalue weighted by Crippen LogP contribution is 2.48. The van der Waals surface area contributed by atoms with Crippen LogP contribution in [0.5, 0.6) is 0 Å². The van der Waals surface area contributed by atoms with E-state index in [1.54, 1.807) is 19.9 Å². The van der Waals surface area contributed by atoms with Gasteiger partial charge in [0.1, 0.15) is 30.5 Å². The largest absolute Gasteiger partial charge is 0.459 e. The lowest BCUT2D eigenvalue weighted by atomic mass is 9.71. The Hall–Kier alpha value is -2.54. The predicted octanol–water partition coefficient (Wildman–Crippen LogP) is 5.01. The number of likely N-dealkylation sites (N-methyl/N-ethyl adjacent to an activating group) is 1. The Kier molecular flexibility index (Phi) is 11.8. The average Bonchev–Trinajstić information content (AvgIpc) is 3.37. The number of aliphatic hydroxyl groups is 1. The Labute approximate surface area is 299 Å². The molecular formula is C39H61N3O8. The summed E-state index contributed by atoms with van der Waals surface area (Å²) in [6.07, 6.45) is -0.350. The molecule has 0 spiro atoms. The van der Waals surface area contributed by atoms with E-state index >= 15 is 0 Å². The Bertz CT molecular complexity index is 1380. The highest BCUT2D eigenvalue weighted by atomic mass is 16.7. The molecule has 11 nitrogen and oxygen atoms in total. The predicted molar refractivity (Wildman–Crippen MR) is 193 cm³/mol. The standard InChI is InChI=1S/C39H61N3O8/c1-12-18-46-38(8)20-22(3)31-24(5)34-39(9,47-21-42(34)28-17-15-14-16-27(28)40-31)30(13-2)49-36(45)26(7)32(43)25(6)35(38)50-37-33(44)29(41(10)11)19-23(4)48-37/h12,14-17,22-26,29-31,33-35,37,40,44H,1,13,18-21H2,2-11H3/t22-,23-,24+,25+,26-,29+,30-,31?,33-,34-,35-,37+,38+,39-/m1/s1. The highest BCUT2D eigenvalue weighted by molar-refractivity contribution is 6.00. The monoisotopic (exact) mass is 699 g/mol. The number of rotatable bonds is 7. The van der Waals surface area contributed by atoms with E-state index in [1.165, 1.54) is 0 Å². The van der Waals surface area contributed by atoms with Crippen molar-refractivity contribution in [3.05, 3.63) is 36.9 Å². The summed E-state index contributed by atoms with van der Waals surface area (Å²) in [6.45, 7) is 20.3. The third-order valence-corrected chi connectivity index (χ3v) is 12.0. The molecule has 3 saturated heterocycles. The maximum Gasteiger partial charge on any atom is 0.316 e. The number of anilines is 2. The van der Waals surface area contributed by atoms with Gasteiger partial charge >= 0.3 is 5.97 Å². The first-order chi connectivity index (χ1) is 23.6. The summed E-state index contributed by atoms with van der Waals surface area (Å²) in [5.41, 5.74) is 0.122. The molecule has 50 heavy (non-hydrogen) atoms. The molecule has 11 heteroatoms. The second kappa shape index (κ2) is 15.2. The van der Waals surface area contributed by atoms with Gasteiger partial charge in [-0.3, -0.25) is 9.59 Å². The topological polar surface area (TPSA) is 119 Å². The van der Waals surface area contributed by atoms with Crippen LogP contribution in [-0.4, -0.2) is 109 Å². The van der Waals surface area contributed by atoms with Crippen LogP contribution in [-0.2, 0) is 33.3 Å². The van der Waals surface area contributed by atoms with E-state index in [4.69, 9.17) is 23.7 Å². The van der Waals surface area contributed by atoms with Crippen LogP contribution in [0.15, 0.2) is 36.9 Å². The Morgan fingerprint density at radius 1 is 1.14 bits per heavy atom. The molecule has 0 radical (unpaired) electrons. The molecule has 280 valence electrons. The first kappa shape index (κ1) is 38.7. The number of Topliss-reactive ketones (excluding diaryl/α,β-unsaturated/α-hetero) is 1. The number of nitrogens with zero attached hydrogens (tertiary/aromatic N) is 2. The number of nitrogens with one attached hydrogen (secondary N) is 1. The SMILES string of the molecule is C=CCO[C@@]1(C)C[C@@H](C)C2Nc3ccccc3N3CO[C@](C)([C@@H](CC)OC(=O)[C@H](C)C(=O)[C@H](C)[C@H]1O[C@@H]1O[C@H](C)C[C@H](N(C)C)[C@H]1O)[C@H]3[C@H]2C. The van der Waals surface area contributed by atoms with Gasteiger partial charge in [-0.1, -0.05) is 45.9 Å². The molecule has 1 aromatic rings. The van der Waals surface area contributed by atoms with Crippen LogP contribution >= 0.6 is 0 Å². The number of ether oxygens (including phenoxy) is 5. The molecule has 2 bridgehead atoms. The molecular weight excluding hydrogens is 638 g/mol. The van der Waals surface area contributed by atoms with Crippen LogP contribution < -0.4 is 10.2 Å². The van der Waals surface area contributed by atoms with Crippen LogP contribution in [0.4, 0.5) is 11.4 Å². The molecule has 0 aromatic heterocycles. The lowest BCUT2D eigenvalue weighted by Crippen LogP contribution is -2.61. The van der Waals surface area contributed by atoms with Crippen LogP contribution in [0.2, 0.25) is 0 Å². The van der Waals surface area contributed by atoms with Crippen LogP contribution in [0, 0.1) is 23.7 Å². The quantitative estimate of drug-likeness (QED) is 0.227. The molecule has 0 aliphatic carbocycles. The molecule has 4 aliphatic heterocycles. The maximum atomic E-state index is 14.4. The van der Waals surface area contributed by atoms with Crippen LogP contribution in [0.3, 0.4) is 0 Å². The van der Waals surface area contributed by atoms with Crippen molar-refractivity contribution in [2.45, 2.75) is 135 Å². The summed E-state index contributed by atoms with van der Waals surface area (Å²) in [7, 11) is 3.85. The lowest BCUT2D eigenvalue weighted by Gasteiger charge is -2.48. The van der Waals surface area contributed by atoms with E-state index in [1.807, 2.05) is 58.8 Å². The van der Waals surface area contributed by atoms with Crippen LogP contribution in [0.1, 0.15) is 74.7 Å². The van der Waals surface area contributed by atoms with Gasteiger partial charge in [0.2, 0.25) is 0 Å². The summed E-state index contributed by atoms with van der Waals surface area (Å²) < 4.78 is 32.7. The summed E-state index contributed by atoms with van der Waals surface area (Å²) in [6, 6.07) is 7.82. The van der Waals surface area contributed by atoms with Crippen molar-refractivity contribution in [1.82, 2.24) is 4.90 Å². The van der Waals surface area contributed by atoms with E-state index in [2.05, 4.69) is 42.8 Å². The number of para-hydroxylation sites is 2. The summed E-state index contributed by atoms with van der Waals surface area (Å²) in [5.74, 6) is -2.82. The van der Waals surface area contributed by atoms with Crippen molar-refractivity contribution < 1.29 is 38.4 Å². The minimum absolute atomic E-state index is 0.0142. The normalized spacial score (nSPS) is 42.6.